The Morgan fingerprint density at radius 2 is 2.23 bits per heavy atom. The molecule has 0 aromatic carbocycles. The molecule has 1 aromatic heterocycles. The van der Waals surface area contributed by atoms with Crippen molar-refractivity contribution in [1.82, 2.24) is 9.78 Å². The third-order valence-electron chi connectivity index (χ3n) is 2.55. The summed E-state index contributed by atoms with van der Waals surface area (Å²) in [7, 11) is 1.87. The normalized spacial score (nSPS) is 15.8. The van der Waals surface area contributed by atoms with E-state index in [0.29, 0.717) is 5.92 Å². The van der Waals surface area contributed by atoms with Crippen molar-refractivity contribution in [3.8, 4) is 0 Å². The number of hydrogen-bond donors (Lipinski definition) is 1. The van der Waals surface area contributed by atoms with Crippen LogP contribution in [0.2, 0.25) is 0 Å². The van der Waals surface area contributed by atoms with Gasteiger partial charge in [0.2, 0.25) is 0 Å². The Balaban J connectivity index is 2.87. The van der Waals surface area contributed by atoms with E-state index in [9.17, 15) is 5.11 Å². The molecule has 13 heavy (non-hydrogen) atoms. The largest absolute Gasteiger partial charge is 0.388 e. The third kappa shape index (κ3) is 2.10. The first-order valence-electron chi connectivity index (χ1n) is 4.74. The summed E-state index contributed by atoms with van der Waals surface area (Å²) < 4.78 is 1.75. The lowest BCUT2D eigenvalue weighted by atomic mass is 9.96. The van der Waals surface area contributed by atoms with E-state index in [4.69, 9.17) is 0 Å². The van der Waals surface area contributed by atoms with Crippen LogP contribution in [0.15, 0.2) is 6.20 Å². The molecular formula is C10H18N2O. The van der Waals surface area contributed by atoms with Gasteiger partial charge in [-0.1, -0.05) is 20.3 Å². The maximum atomic E-state index is 9.93. The zero-order valence-electron chi connectivity index (χ0n) is 8.78. The van der Waals surface area contributed by atoms with Crippen molar-refractivity contribution < 1.29 is 5.11 Å². The van der Waals surface area contributed by atoms with Crippen LogP contribution in [0, 0.1) is 12.8 Å². The first-order chi connectivity index (χ1) is 6.06. The summed E-state index contributed by atoms with van der Waals surface area (Å²) in [5.74, 6) is 0.294. The molecule has 1 N–H and O–H groups in total. The molecule has 3 heteroatoms. The molecule has 1 rings (SSSR count). The smallest absolute Gasteiger partial charge is 0.0848 e. The van der Waals surface area contributed by atoms with E-state index in [1.807, 2.05) is 20.2 Å². The van der Waals surface area contributed by atoms with Gasteiger partial charge in [0.25, 0.3) is 0 Å². The fraction of sp³-hybridized carbons (Fsp3) is 0.700. The van der Waals surface area contributed by atoms with Crippen LogP contribution < -0.4 is 0 Å². The zero-order chi connectivity index (χ0) is 10.0. The average molecular weight is 182 g/mol. The minimum absolute atomic E-state index is 0.294. The summed E-state index contributed by atoms with van der Waals surface area (Å²) >= 11 is 0. The first kappa shape index (κ1) is 10.3. The predicted octanol–water partition coefficient (Wildman–Crippen LogP) is 1.81. The number of aliphatic hydroxyl groups is 1. The molecule has 3 nitrogen and oxygen atoms in total. The molecule has 0 saturated heterocycles. The highest BCUT2D eigenvalue weighted by Crippen LogP contribution is 2.25. The van der Waals surface area contributed by atoms with Gasteiger partial charge in [-0.05, 0) is 12.8 Å². The van der Waals surface area contributed by atoms with Crippen LogP contribution in [0.1, 0.15) is 37.6 Å². The summed E-state index contributed by atoms with van der Waals surface area (Å²) in [5, 5.41) is 14.1. The Labute approximate surface area is 79.4 Å². The topological polar surface area (TPSA) is 38.0 Å². The van der Waals surface area contributed by atoms with Crippen molar-refractivity contribution in [1.29, 1.82) is 0 Å². The van der Waals surface area contributed by atoms with Crippen molar-refractivity contribution in [2.45, 2.75) is 33.3 Å². The van der Waals surface area contributed by atoms with E-state index in [2.05, 4.69) is 18.9 Å². The highest BCUT2D eigenvalue weighted by Gasteiger charge is 2.18. The van der Waals surface area contributed by atoms with Gasteiger partial charge in [0.05, 0.1) is 11.8 Å². The third-order valence-corrected chi connectivity index (χ3v) is 2.55. The number of aromatic nitrogens is 2. The van der Waals surface area contributed by atoms with E-state index in [0.717, 1.165) is 17.7 Å². The van der Waals surface area contributed by atoms with E-state index in [1.165, 1.54) is 0 Å². The van der Waals surface area contributed by atoms with Gasteiger partial charge in [-0.2, -0.15) is 5.10 Å². The van der Waals surface area contributed by atoms with Crippen molar-refractivity contribution in [2.75, 3.05) is 0 Å². The summed E-state index contributed by atoms with van der Waals surface area (Å²) in [6.45, 7) is 6.07. The molecule has 0 bridgehead atoms. The van der Waals surface area contributed by atoms with Crippen LogP contribution in [0.5, 0.6) is 0 Å². The summed E-state index contributed by atoms with van der Waals surface area (Å²) in [4.78, 5) is 0. The predicted molar refractivity (Wildman–Crippen MR) is 52.4 cm³/mol. The highest BCUT2D eigenvalue weighted by atomic mass is 16.3. The van der Waals surface area contributed by atoms with E-state index in [1.54, 1.807) is 4.68 Å². The Morgan fingerprint density at radius 1 is 1.62 bits per heavy atom. The molecule has 0 aliphatic rings. The maximum absolute atomic E-state index is 9.93. The van der Waals surface area contributed by atoms with Crippen molar-refractivity contribution in [3.05, 3.63) is 17.5 Å². The molecule has 0 aliphatic heterocycles. The number of hydrogen-bond acceptors (Lipinski definition) is 2. The maximum Gasteiger partial charge on any atom is 0.0848 e. The second-order valence-corrected chi connectivity index (χ2v) is 3.67. The number of aryl methyl sites for hydroxylation is 2. The first-order valence-corrected chi connectivity index (χ1v) is 4.74. The van der Waals surface area contributed by atoms with Crippen LogP contribution >= 0.6 is 0 Å². The summed E-state index contributed by atoms with van der Waals surface area (Å²) in [6.07, 6.45) is 2.50. The van der Waals surface area contributed by atoms with Gasteiger partial charge < -0.3 is 5.11 Å². The molecule has 2 unspecified atom stereocenters. The molecule has 0 radical (unpaired) electrons. The van der Waals surface area contributed by atoms with Gasteiger partial charge in [-0.25, -0.2) is 0 Å². The molecule has 1 aromatic rings. The van der Waals surface area contributed by atoms with E-state index >= 15 is 0 Å². The van der Waals surface area contributed by atoms with Crippen molar-refractivity contribution in [3.63, 3.8) is 0 Å². The average Bonchev–Trinajstić information content (AvgIpc) is 2.42. The second-order valence-electron chi connectivity index (χ2n) is 3.67. The minimum Gasteiger partial charge on any atom is -0.388 e. The monoisotopic (exact) mass is 182 g/mol. The lowest BCUT2D eigenvalue weighted by Gasteiger charge is -2.15. The fourth-order valence-corrected chi connectivity index (χ4v) is 1.44. The second kappa shape index (κ2) is 3.92. The molecule has 0 amide bonds. The Hall–Kier alpha value is -0.830. The number of nitrogens with zero attached hydrogens (tertiary/aromatic N) is 2. The fourth-order valence-electron chi connectivity index (χ4n) is 1.44. The quantitative estimate of drug-likeness (QED) is 0.774. The van der Waals surface area contributed by atoms with Crippen molar-refractivity contribution >= 4 is 0 Å². The Morgan fingerprint density at radius 3 is 2.62 bits per heavy atom. The molecule has 0 spiro atoms. The number of rotatable bonds is 3. The van der Waals surface area contributed by atoms with Gasteiger partial charge >= 0.3 is 0 Å². The number of aliphatic hydroxyl groups excluding tert-OH is 1. The SMILES string of the molecule is CCC(C)C(O)c1cn(C)nc1C. The van der Waals surface area contributed by atoms with Crippen LogP contribution in [0.4, 0.5) is 0 Å². The molecule has 2 atom stereocenters. The molecular weight excluding hydrogens is 164 g/mol. The lowest BCUT2D eigenvalue weighted by Crippen LogP contribution is -2.08. The molecule has 0 saturated carbocycles. The zero-order valence-corrected chi connectivity index (χ0v) is 8.78. The van der Waals surface area contributed by atoms with E-state index in [-0.39, 0.29) is 6.10 Å². The molecule has 0 aliphatic carbocycles. The summed E-state index contributed by atoms with van der Waals surface area (Å²) in [5.41, 5.74) is 1.88. The molecule has 0 fully saturated rings. The van der Waals surface area contributed by atoms with Gasteiger partial charge in [-0.3, -0.25) is 4.68 Å². The van der Waals surface area contributed by atoms with Gasteiger partial charge in [0.15, 0.2) is 0 Å². The van der Waals surface area contributed by atoms with Gasteiger partial charge in [0.1, 0.15) is 0 Å². The van der Waals surface area contributed by atoms with Gasteiger partial charge in [-0.15, -0.1) is 0 Å². The summed E-state index contributed by atoms with van der Waals surface area (Å²) in [6, 6.07) is 0. The van der Waals surface area contributed by atoms with Crippen LogP contribution in [-0.2, 0) is 7.05 Å². The van der Waals surface area contributed by atoms with Crippen LogP contribution in [0.25, 0.3) is 0 Å². The standard InChI is InChI=1S/C10H18N2O/c1-5-7(2)10(13)9-6-12(4)11-8(9)3/h6-7,10,13H,5H2,1-4H3. The van der Waals surface area contributed by atoms with Crippen LogP contribution in [-0.4, -0.2) is 14.9 Å². The molecule has 74 valence electrons. The minimum atomic E-state index is -0.376. The van der Waals surface area contributed by atoms with Crippen LogP contribution in [0.3, 0.4) is 0 Å². The lowest BCUT2D eigenvalue weighted by molar-refractivity contribution is 0.115. The Kier molecular flexibility index (Phi) is 3.09. The molecule has 1 heterocycles. The van der Waals surface area contributed by atoms with E-state index < -0.39 is 0 Å². The van der Waals surface area contributed by atoms with Crippen molar-refractivity contribution in [2.24, 2.45) is 13.0 Å². The highest BCUT2D eigenvalue weighted by molar-refractivity contribution is 5.18. The van der Waals surface area contributed by atoms with Gasteiger partial charge in [0, 0.05) is 18.8 Å². The Bertz CT molecular complexity index is 280.